The second kappa shape index (κ2) is 6.94. The van der Waals surface area contributed by atoms with Gasteiger partial charge in [0.15, 0.2) is 0 Å². The lowest BCUT2D eigenvalue weighted by Crippen LogP contribution is -2.38. The monoisotopic (exact) mass is 289 g/mol. The maximum absolute atomic E-state index is 12.3. The number of aryl methyl sites for hydroxylation is 2. The van der Waals surface area contributed by atoms with E-state index in [0.29, 0.717) is 17.2 Å². The number of nitrogens with zero attached hydrogens (tertiary/aromatic N) is 1. The summed E-state index contributed by atoms with van der Waals surface area (Å²) < 4.78 is 0. The van der Waals surface area contributed by atoms with E-state index in [1.54, 1.807) is 6.07 Å². The highest BCUT2D eigenvalue weighted by Gasteiger charge is 2.19. The van der Waals surface area contributed by atoms with E-state index in [-0.39, 0.29) is 5.91 Å². The minimum Gasteiger partial charge on any atom is -0.398 e. The third-order valence-electron chi connectivity index (χ3n) is 4.56. The van der Waals surface area contributed by atoms with Crippen LogP contribution in [0.2, 0.25) is 0 Å². The summed E-state index contributed by atoms with van der Waals surface area (Å²) in [7, 11) is 0. The molecular weight excluding hydrogens is 262 g/mol. The van der Waals surface area contributed by atoms with Crippen molar-refractivity contribution in [2.45, 2.75) is 33.6 Å². The number of nitrogen functional groups attached to an aromatic ring is 1. The summed E-state index contributed by atoms with van der Waals surface area (Å²) in [6.45, 7) is 10.3. The van der Waals surface area contributed by atoms with Gasteiger partial charge in [0.2, 0.25) is 0 Å². The number of amides is 1. The largest absolute Gasteiger partial charge is 0.398 e. The molecule has 0 bridgehead atoms. The summed E-state index contributed by atoms with van der Waals surface area (Å²) in [5.74, 6) is 0.594. The van der Waals surface area contributed by atoms with Crippen LogP contribution in [0, 0.1) is 19.8 Å². The normalized spacial score (nSPS) is 16.9. The van der Waals surface area contributed by atoms with E-state index in [1.807, 2.05) is 19.9 Å². The van der Waals surface area contributed by atoms with Crippen LogP contribution in [0.5, 0.6) is 0 Å². The standard InChI is InChI=1S/C17H27N3O/c1-4-20-7-5-14(6-8-20)11-19-17(21)15-10-16(18)13(3)9-12(15)2/h9-10,14H,4-8,11,18H2,1-3H3,(H,19,21). The van der Waals surface area contributed by atoms with Crippen molar-refractivity contribution in [3.8, 4) is 0 Å². The Morgan fingerprint density at radius 2 is 1.95 bits per heavy atom. The molecule has 0 aromatic heterocycles. The second-order valence-corrected chi connectivity index (χ2v) is 6.11. The Bertz CT molecular complexity index is 505. The lowest BCUT2D eigenvalue weighted by atomic mass is 9.96. The summed E-state index contributed by atoms with van der Waals surface area (Å²) >= 11 is 0. The topological polar surface area (TPSA) is 58.4 Å². The molecular formula is C17H27N3O. The van der Waals surface area contributed by atoms with Crippen molar-refractivity contribution in [3.63, 3.8) is 0 Å². The number of likely N-dealkylation sites (tertiary alicyclic amines) is 1. The first-order valence-corrected chi connectivity index (χ1v) is 7.88. The van der Waals surface area contributed by atoms with Crippen LogP contribution < -0.4 is 11.1 Å². The molecule has 4 nitrogen and oxygen atoms in total. The smallest absolute Gasteiger partial charge is 0.251 e. The first kappa shape index (κ1) is 15.8. The quantitative estimate of drug-likeness (QED) is 0.837. The van der Waals surface area contributed by atoms with Gasteiger partial charge in [-0.05, 0) is 69.4 Å². The van der Waals surface area contributed by atoms with Crippen LogP contribution in [0.25, 0.3) is 0 Å². The van der Waals surface area contributed by atoms with Crippen LogP contribution in [0.15, 0.2) is 12.1 Å². The fraction of sp³-hybridized carbons (Fsp3) is 0.588. The van der Waals surface area contributed by atoms with Crippen LogP contribution in [0.1, 0.15) is 41.3 Å². The maximum Gasteiger partial charge on any atom is 0.251 e. The predicted molar refractivity (Wildman–Crippen MR) is 87.5 cm³/mol. The molecule has 1 aliphatic rings. The molecule has 0 atom stereocenters. The molecule has 2 rings (SSSR count). The van der Waals surface area contributed by atoms with Gasteiger partial charge in [0.05, 0.1) is 0 Å². The van der Waals surface area contributed by atoms with Crippen LogP contribution in [-0.4, -0.2) is 37.0 Å². The molecule has 0 aliphatic carbocycles. The molecule has 1 aliphatic heterocycles. The van der Waals surface area contributed by atoms with E-state index < -0.39 is 0 Å². The van der Waals surface area contributed by atoms with Gasteiger partial charge in [0, 0.05) is 17.8 Å². The molecule has 1 fully saturated rings. The number of piperidine rings is 1. The Hall–Kier alpha value is -1.55. The number of anilines is 1. The Labute approximate surface area is 127 Å². The van der Waals surface area contributed by atoms with Gasteiger partial charge in [0.25, 0.3) is 5.91 Å². The maximum atomic E-state index is 12.3. The van der Waals surface area contributed by atoms with Gasteiger partial charge in [-0.15, -0.1) is 0 Å². The number of carbonyl (C=O) groups excluding carboxylic acids is 1. The summed E-state index contributed by atoms with van der Waals surface area (Å²) in [6, 6.07) is 3.77. The molecule has 21 heavy (non-hydrogen) atoms. The Morgan fingerprint density at radius 3 is 2.57 bits per heavy atom. The van der Waals surface area contributed by atoms with Crippen molar-refractivity contribution >= 4 is 11.6 Å². The van der Waals surface area contributed by atoms with E-state index in [1.165, 1.54) is 12.8 Å². The van der Waals surface area contributed by atoms with Crippen LogP contribution >= 0.6 is 0 Å². The van der Waals surface area contributed by atoms with Crippen LogP contribution in [0.4, 0.5) is 5.69 Å². The zero-order valence-corrected chi connectivity index (χ0v) is 13.4. The molecule has 0 saturated carbocycles. The molecule has 1 heterocycles. The van der Waals surface area contributed by atoms with Gasteiger partial charge in [-0.3, -0.25) is 4.79 Å². The second-order valence-electron chi connectivity index (χ2n) is 6.11. The van der Waals surface area contributed by atoms with Gasteiger partial charge in [-0.25, -0.2) is 0 Å². The van der Waals surface area contributed by atoms with Crippen molar-refractivity contribution in [2.24, 2.45) is 5.92 Å². The molecule has 3 N–H and O–H groups in total. The molecule has 1 amide bonds. The zero-order valence-electron chi connectivity index (χ0n) is 13.4. The zero-order chi connectivity index (χ0) is 15.4. The molecule has 1 aromatic rings. The van der Waals surface area contributed by atoms with Crippen molar-refractivity contribution in [2.75, 3.05) is 31.9 Å². The molecule has 1 saturated heterocycles. The third kappa shape index (κ3) is 3.97. The number of hydrogen-bond acceptors (Lipinski definition) is 3. The number of nitrogens with one attached hydrogen (secondary N) is 1. The number of nitrogens with two attached hydrogens (primary N) is 1. The third-order valence-corrected chi connectivity index (χ3v) is 4.56. The SMILES string of the molecule is CCN1CCC(CNC(=O)c2cc(N)c(C)cc2C)CC1. The highest BCUT2D eigenvalue weighted by atomic mass is 16.1. The summed E-state index contributed by atoms with van der Waals surface area (Å²) in [5.41, 5.74) is 9.30. The molecule has 116 valence electrons. The average Bonchev–Trinajstić information content (AvgIpc) is 2.49. The van der Waals surface area contributed by atoms with Crippen LogP contribution in [-0.2, 0) is 0 Å². The molecule has 4 heteroatoms. The number of carbonyl (C=O) groups is 1. The van der Waals surface area contributed by atoms with E-state index in [2.05, 4.69) is 17.1 Å². The highest BCUT2D eigenvalue weighted by Crippen LogP contribution is 2.19. The van der Waals surface area contributed by atoms with Crippen molar-refractivity contribution < 1.29 is 4.79 Å². The fourth-order valence-electron chi connectivity index (χ4n) is 2.95. The van der Waals surface area contributed by atoms with Crippen LogP contribution in [0.3, 0.4) is 0 Å². The molecule has 0 spiro atoms. The molecule has 0 radical (unpaired) electrons. The van der Waals surface area contributed by atoms with Crippen molar-refractivity contribution in [1.29, 1.82) is 0 Å². The minimum absolute atomic E-state index is 0.00267. The fourth-order valence-corrected chi connectivity index (χ4v) is 2.95. The Balaban J connectivity index is 1.89. The molecule has 0 unspecified atom stereocenters. The summed E-state index contributed by atoms with van der Waals surface area (Å²) in [4.78, 5) is 14.8. The predicted octanol–water partition coefficient (Wildman–Crippen LogP) is 2.35. The van der Waals surface area contributed by atoms with Gasteiger partial charge < -0.3 is 16.0 Å². The summed E-state index contributed by atoms with van der Waals surface area (Å²) in [6.07, 6.45) is 2.34. The average molecular weight is 289 g/mol. The Kier molecular flexibility index (Phi) is 5.23. The highest BCUT2D eigenvalue weighted by molar-refractivity contribution is 5.96. The number of hydrogen-bond donors (Lipinski definition) is 2. The van der Waals surface area contributed by atoms with Crippen molar-refractivity contribution in [3.05, 3.63) is 28.8 Å². The van der Waals surface area contributed by atoms with Gasteiger partial charge in [0.1, 0.15) is 0 Å². The van der Waals surface area contributed by atoms with Gasteiger partial charge >= 0.3 is 0 Å². The van der Waals surface area contributed by atoms with E-state index in [0.717, 1.165) is 37.3 Å². The number of rotatable bonds is 4. The number of benzene rings is 1. The van der Waals surface area contributed by atoms with E-state index in [9.17, 15) is 4.79 Å². The molecule has 1 aromatic carbocycles. The lowest BCUT2D eigenvalue weighted by Gasteiger charge is -2.31. The van der Waals surface area contributed by atoms with Gasteiger partial charge in [-0.1, -0.05) is 13.0 Å². The van der Waals surface area contributed by atoms with Crippen molar-refractivity contribution in [1.82, 2.24) is 10.2 Å². The van der Waals surface area contributed by atoms with E-state index in [4.69, 9.17) is 5.73 Å². The lowest BCUT2D eigenvalue weighted by molar-refractivity contribution is 0.0936. The summed E-state index contributed by atoms with van der Waals surface area (Å²) in [5, 5.41) is 3.08. The minimum atomic E-state index is -0.00267. The Morgan fingerprint density at radius 1 is 1.29 bits per heavy atom. The first-order valence-electron chi connectivity index (χ1n) is 7.88. The van der Waals surface area contributed by atoms with Gasteiger partial charge in [-0.2, -0.15) is 0 Å². The first-order chi connectivity index (χ1) is 10.0. The van der Waals surface area contributed by atoms with E-state index >= 15 is 0 Å².